The zero-order valence-electron chi connectivity index (χ0n) is 10.1. The molecule has 7 heteroatoms. The molecule has 1 aromatic heterocycles. The third kappa shape index (κ3) is 4.85. The van der Waals surface area contributed by atoms with E-state index in [1.807, 2.05) is 16.4 Å². The van der Waals surface area contributed by atoms with Crippen molar-refractivity contribution < 1.29 is 0 Å². The smallest absolute Gasteiger partial charge is 0.209 e. The second-order valence-electron chi connectivity index (χ2n) is 4.11. The second-order valence-corrected chi connectivity index (χ2v) is 6.16. The molecule has 17 heavy (non-hydrogen) atoms. The van der Waals surface area contributed by atoms with Crippen LogP contribution in [0, 0.1) is 0 Å². The molecule has 1 aromatic rings. The molecule has 1 N–H and O–H groups in total. The standard InChI is InChI=1S/C10H19N5S2/c1-16-7-2-8-17-10-12-13-14-15(10)6-5-11-9-3-4-9/h9,11H,2-8H2,1H3. The summed E-state index contributed by atoms with van der Waals surface area (Å²) in [6.07, 6.45) is 6.00. The van der Waals surface area contributed by atoms with E-state index >= 15 is 0 Å². The van der Waals surface area contributed by atoms with Crippen molar-refractivity contribution in [2.45, 2.75) is 37.0 Å². The average Bonchev–Trinajstić information content (AvgIpc) is 3.05. The lowest BCUT2D eigenvalue weighted by Crippen LogP contribution is -2.22. The first kappa shape index (κ1) is 13.2. The van der Waals surface area contributed by atoms with E-state index in [0.29, 0.717) is 0 Å². The average molecular weight is 273 g/mol. The summed E-state index contributed by atoms with van der Waals surface area (Å²) in [5, 5.41) is 16.2. The number of rotatable bonds is 9. The van der Waals surface area contributed by atoms with Gasteiger partial charge in [0.2, 0.25) is 5.16 Å². The van der Waals surface area contributed by atoms with E-state index < -0.39 is 0 Å². The fraction of sp³-hybridized carbons (Fsp3) is 0.900. The van der Waals surface area contributed by atoms with Gasteiger partial charge in [-0.1, -0.05) is 11.8 Å². The molecule has 0 unspecified atom stereocenters. The van der Waals surface area contributed by atoms with Gasteiger partial charge in [0.25, 0.3) is 0 Å². The van der Waals surface area contributed by atoms with Gasteiger partial charge in [-0.25, -0.2) is 4.68 Å². The molecule has 0 radical (unpaired) electrons. The van der Waals surface area contributed by atoms with Crippen molar-refractivity contribution >= 4 is 23.5 Å². The molecule has 1 saturated carbocycles. The summed E-state index contributed by atoms with van der Waals surface area (Å²) < 4.78 is 1.90. The Morgan fingerprint density at radius 2 is 2.29 bits per heavy atom. The monoisotopic (exact) mass is 273 g/mol. The Morgan fingerprint density at radius 1 is 1.41 bits per heavy atom. The van der Waals surface area contributed by atoms with Crippen molar-refractivity contribution in [2.24, 2.45) is 0 Å². The molecule has 0 bridgehead atoms. The zero-order chi connectivity index (χ0) is 11.9. The summed E-state index contributed by atoms with van der Waals surface area (Å²) in [6.45, 7) is 1.84. The molecule has 0 saturated heterocycles. The van der Waals surface area contributed by atoms with Crippen LogP contribution in [0.1, 0.15) is 19.3 Å². The third-order valence-corrected chi connectivity index (χ3v) is 4.30. The van der Waals surface area contributed by atoms with Gasteiger partial charge in [0.05, 0.1) is 6.54 Å². The lowest BCUT2D eigenvalue weighted by Gasteiger charge is -2.04. The maximum atomic E-state index is 4.06. The third-order valence-electron chi connectivity index (χ3n) is 2.56. The summed E-state index contributed by atoms with van der Waals surface area (Å²) in [6, 6.07) is 0.754. The predicted octanol–water partition coefficient (Wildman–Crippen LogP) is 1.27. The summed E-state index contributed by atoms with van der Waals surface area (Å²) in [5.74, 6) is 2.30. The van der Waals surface area contributed by atoms with Crippen LogP contribution in [0.2, 0.25) is 0 Å². The molecule has 5 nitrogen and oxygen atoms in total. The van der Waals surface area contributed by atoms with Crippen LogP contribution in [-0.4, -0.2) is 50.6 Å². The minimum Gasteiger partial charge on any atom is -0.312 e. The van der Waals surface area contributed by atoms with E-state index in [0.717, 1.165) is 30.0 Å². The van der Waals surface area contributed by atoms with Crippen molar-refractivity contribution in [1.82, 2.24) is 25.5 Å². The predicted molar refractivity (Wildman–Crippen MR) is 72.6 cm³/mol. The Hall–Kier alpha value is -0.270. The number of aromatic nitrogens is 4. The van der Waals surface area contributed by atoms with Gasteiger partial charge in [-0.3, -0.25) is 0 Å². The molecule has 96 valence electrons. The van der Waals surface area contributed by atoms with E-state index in [1.165, 1.54) is 25.0 Å². The number of tetrazole rings is 1. The first-order valence-electron chi connectivity index (χ1n) is 6.01. The van der Waals surface area contributed by atoms with Crippen LogP contribution in [0.3, 0.4) is 0 Å². The highest BCUT2D eigenvalue weighted by Gasteiger charge is 2.19. The minimum atomic E-state index is 0.754. The zero-order valence-corrected chi connectivity index (χ0v) is 11.8. The molecule has 0 aromatic carbocycles. The van der Waals surface area contributed by atoms with E-state index in [9.17, 15) is 0 Å². The molecule has 0 spiro atoms. The highest BCUT2D eigenvalue weighted by molar-refractivity contribution is 7.99. The Kier molecular flexibility index (Phi) is 5.60. The van der Waals surface area contributed by atoms with Gasteiger partial charge in [0.15, 0.2) is 0 Å². The van der Waals surface area contributed by atoms with Gasteiger partial charge >= 0.3 is 0 Å². The quantitative estimate of drug-likeness (QED) is 0.540. The Morgan fingerprint density at radius 3 is 3.06 bits per heavy atom. The molecule has 1 heterocycles. The first-order chi connectivity index (χ1) is 8.40. The van der Waals surface area contributed by atoms with Crippen LogP contribution in [0.5, 0.6) is 0 Å². The molecule has 2 rings (SSSR count). The van der Waals surface area contributed by atoms with Gasteiger partial charge in [0.1, 0.15) is 0 Å². The van der Waals surface area contributed by atoms with Crippen molar-refractivity contribution in [3.05, 3.63) is 0 Å². The van der Waals surface area contributed by atoms with Crippen LogP contribution in [0.25, 0.3) is 0 Å². The molecule has 0 amide bonds. The second kappa shape index (κ2) is 7.23. The maximum absolute atomic E-state index is 4.06. The van der Waals surface area contributed by atoms with Crippen molar-refractivity contribution in [3.63, 3.8) is 0 Å². The molecule has 0 atom stereocenters. The minimum absolute atomic E-state index is 0.754. The summed E-state index contributed by atoms with van der Waals surface area (Å²) in [7, 11) is 0. The first-order valence-corrected chi connectivity index (χ1v) is 8.39. The number of nitrogens with zero attached hydrogens (tertiary/aromatic N) is 4. The van der Waals surface area contributed by atoms with Gasteiger partial charge in [0, 0.05) is 18.3 Å². The van der Waals surface area contributed by atoms with E-state index in [-0.39, 0.29) is 0 Å². The highest BCUT2D eigenvalue weighted by atomic mass is 32.2. The van der Waals surface area contributed by atoms with E-state index in [2.05, 4.69) is 27.1 Å². The van der Waals surface area contributed by atoms with E-state index in [1.54, 1.807) is 11.8 Å². The van der Waals surface area contributed by atoms with E-state index in [4.69, 9.17) is 0 Å². The Bertz CT molecular complexity index is 326. The number of hydrogen-bond acceptors (Lipinski definition) is 6. The fourth-order valence-corrected chi connectivity index (χ4v) is 2.93. The van der Waals surface area contributed by atoms with Gasteiger partial charge in [-0.2, -0.15) is 11.8 Å². The van der Waals surface area contributed by atoms with Crippen molar-refractivity contribution in [3.8, 4) is 0 Å². The summed E-state index contributed by atoms with van der Waals surface area (Å²) >= 11 is 3.64. The van der Waals surface area contributed by atoms with Gasteiger partial charge in [-0.15, -0.1) is 5.10 Å². The number of hydrogen-bond donors (Lipinski definition) is 1. The normalized spacial score (nSPS) is 15.4. The topological polar surface area (TPSA) is 55.6 Å². The van der Waals surface area contributed by atoms with Crippen molar-refractivity contribution in [1.29, 1.82) is 0 Å². The lowest BCUT2D eigenvalue weighted by molar-refractivity contribution is 0.509. The number of nitrogens with one attached hydrogen (secondary N) is 1. The SMILES string of the molecule is CSCCCSc1nnnn1CCNC1CC1. The van der Waals surface area contributed by atoms with Gasteiger partial charge in [-0.05, 0) is 41.7 Å². The van der Waals surface area contributed by atoms with Crippen LogP contribution in [0.15, 0.2) is 5.16 Å². The van der Waals surface area contributed by atoms with Crippen LogP contribution in [-0.2, 0) is 6.54 Å². The van der Waals surface area contributed by atoms with Gasteiger partial charge < -0.3 is 5.32 Å². The Labute approximate surface area is 110 Å². The van der Waals surface area contributed by atoms with Crippen LogP contribution in [0.4, 0.5) is 0 Å². The van der Waals surface area contributed by atoms with Crippen molar-refractivity contribution in [2.75, 3.05) is 24.3 Å². The maximum Gasteiger partial charge on any atom is 0.209 e. The molecule has 0 aliphatic heterocycles. The highest BCUT2D eigenvalue weighted by Crippen LogP contribution is 2.18. The molecular weight excluding hydrogens is 254 g/mol. The number of thioether (sulfide) groups is 2. The fourth-order valence-electron chi connectivity index (χ4n) is 1.47. The largest absolute Gasteiger partial charge is 0.312 e. The summed E-state index contributed by atoms with van der Waals surface area (Å²) in [4.78, 5) is 0. The lowest BCUT2D eigenvalue weighted by atomic mass is 10.6. The summed E-state index contributed by atoms with van der Waals surface area (Å²) in [5.41, 5.74) is 0. The van der Waals surface area contributed by atoms with Crippen LogP contribution < -0.4 is 5.32 Å². The molecule has 1 aliphatic carbocycles. The van der Waals surface area contributed by atoms with Crippen LogP contribution >= 0.6 is 23.5 Å². The Balaban J connectivity index is 1.67. The molecular formula is C10H19N5S2. The molecule has 1 fully saturated rings. The molecule has 1 aliphatic rings.